The third-order valence-electron chi connectivity index (χ3n) is 6.34. The molecule has 1 atom stereocenters. The second kappa shape index (κ2) is 8.91. The summed E-state index contributed by atoms with van der Waals surface area (Å²) < 4.78 is 21.5. The number of pyridine rings is 1. The van der Waals surface area contributed by atoms with Crippen LogP contribution in [0, 0.1) is 11.7 Å². The highest BCUT2D eigenvalue weighted by Crippen LogP contribution is 2.41. The molecule has 1 aromatic heterocycles. The number of hydrogen-bond donors (Lipinski definition) is 2. The van der Waals surface area contributed by atoms with Gasteiger partial charge in [-0.15, -0.1) is 0 Å². The molecule has 0 bridgehead atoms. The quantitative estimate of drug-likeness (QED) is 0.530. The van der Waals surface area contributed by atoms with Gasteiger partial charge in [0.2, 0.25) is 0 Å². The van der Waals surface area contributed by atoms with E-state index in [9.17, 15) is 19.5 Å². The van der Waals surface area contributed by atoms with Crippen molar-refractivity contribution >= 4 is 23.5 Å². The normalized spacial score (nSPS) is 17.5. The lowest BCUT2D eigenvalue weighted by molar-refractivity contribution is -0.141. The maximum atomic E-state index is 15.3. The number of nitrogens with two attached hydrogens (primary N) is 1. The van der Waals surface area contributed by atoms with Crippen LogP contribution in [0.15, 0.2) is 29.2 Å². The number of hydrogen-bond acceptors (Lipinski definition) is 5. The molecule has 2 aromatic rings. The van der Waals surface area contributed by atoms with Crippen molar-refractivity contribution in [3.63, 3.8) is 0 Å². The molecule has 0 aliphatic heterocycles. The van der Waals surface area contributed by atoms with Gasteiger partial charge >= 0.3 is 11.9 Å². The number of ether oxygens (including phenoxy) is 1. The van der Waals surface area contributed by atoms with Crippen molar-refractivity contribution in [3.05, 3.63) is 56.7 Å². The number of carboxylic acids is 1. The highest BCUT2D eigenvalue weighted by molar-refractivity contribution is 6.31. The molecule has 7 nitrogen and oxygen atoms in total. The Morgan fingerprint density at radius 3 is 2.64 bits per heavy atom. The molecule has 176 valence electrons. The van der Waals surface area contributed by atoms with Gasteiger partial charge in [0.25, 0.3) is 5.56 Å². The summed E-state index contributed by atoms with van der Waals surface area (Å²) in [5.74, 6) is -2.50. The predicted octanol–water partition coefficient (Wildman–Crippen LogP) is 3.94. The molecule has 3 N–H and O–H groups in total. The molecular weight excluding hydrogens is 451 g/mol. The number of nitrogens with zero attached hydrogens (tertiary/aromatic N) is 1. The van der Waals surface area contributed by atoms with E-state index in [-0.39, 0.29) is 40.7 Å². The molecule has 2 aliphatic rings. The zero-order chi connectivity index (χ0) is 23.9. The number of benzene rings is 1. The summed E-state index contributed by atoms with van der Waals surface area (Å²) in [5, 5.41) is 9.58. The van der Waals surface area contributed by atoms with Crippen LogP contribution in [0.25, 0.3) is 11.1 Å². The Hall–Kier alpha value is -2.71. The lowest BCUT2D eigenvalue weighted by Crippen LogP contribution is -2.31. The molecule has 2 fully saturated rings. The average Bonchev–Trinajstić information content (AvgIpc) is 3.68. The van der Waals surface area contributed by atoms with Gasteiger partial charge in [0.1, 0.15) is 11.9 Å². The molecule has 9 heteroatoms. The maximum absolute atomic E-state index is 15.3. The number of halogens is 2. The highest BCUT2D eigenvalue weighted by Gasteiger charge is 2.39. The van der Waals surface area contributed by atoms with Crippen LogP contribution in [0.3, 0.4) is 0 Å². The van der Waals surface area contributed by atoms with E-state index in [1.807, 2.05) is 0 Å². The Morgan fingerprint density at radius 1 is 1.36 bits per heavy atom. The lowest BCUT2D eigenvalue weighted by Gasteiger charge is -2.20. The second-order valence-electron chi connectivity index (χ2n) is 9.03. The van der Waals surface area contributed by atoms with E-state index in [4.69, 9.17) is 22.1 Å². The molecule has 0 spiro atoms. The fourth-order valence-electron chi connectivity index (χ4n) is 4.12. The fraction of sp³-hybridized carbons (Fsp3) is 0.458. The zero-order valence-corrected chi connectivity index (χ0v) is 19.0. The van der Waals surface area contributed by atoms with E-state index in [1.54, 1.807) is 13.0 Å². The van der Waals surface area contributed by atoms with Gasteiger partial charge in [0, 0.05) is 28.9 Å². The van der Waals surface area contributed by atoms with Crippen molar-refractivity contribution in [1.29, 1.82) is 0 Å². The SMILES string of the molecule is CCOC(=O)c1cn(C(CC2CC2)C(=O)O)c(=O)cc1-c1c(CC2(N)CC2)ccc(Cl)c1F. The second-order valence-corrected chi connectivity index (χ2v) is 9.44. The van der Waals surface area contributed by atoms with Gasteiger partial charge in [-0.2, -0.15) is 0 Å². The molecule has 1 unspecified atom stereocenters. The van der Waals surface area contributed by atoms with E-state index >= 15 is 4.39 Å². The van der Waals surface area contributed by atoms with Crippen molar-refractivity contribution in [3.8, 4) is 11.1 Å². The number of esters is 1. The molecule has 0 amide bonds. The van der Waals surface area contributed by atoms with Crippen LogP contribution < -0.4 is 11.3 Å². The standard InChI is InChI=1S/C24H26ClFN2O5/c1-2-33-23(32)16-12-28(18(22(30)31)9-13-3-4-13)19(29)10-15(16)20-14(11-24(27)7-8-24)5-6-17(25)21(20)26/h5-6,10,12-13,18H,2-4,7-9,11,27H2,1H3,(H,30,31). The monoisotopic (exact) mass is 476 g/mol. The number of carbonyl (C=O) groups is 2. The van der Waals surface area contributed by atoms with Crippen molar-refractivity contribution < 1.29 is 23.8 Å². The van der Waals surface area contributed by atoms with Gasteiger partial charge < -0.3 is 20.1 Å². The number of carbonyl (C=O) groups excluding carboxylic acids is 1. The van der Waals surface area contributed by atoms with Crippen LogP contribution in [-0.4, -0.2) is 33.8 Å². The average molecular weight is 477 g/mol. The minimum absolute atomic E-state index is 0.0144. The molecule has 0 saturated heterocycles. The Balaban J connectivity index is 1.91. The molecule has 0 radical (unpaired) electrons. The van der Waals surface area contributed by atoms with Crippen LogP contribution in [-0.2, 0) is 16.0 Å². The molecule has 1 aromatic carbocycles. The predicted molar refractivity (Wildman–Crippen MR) is 121 cm³/mol. The van der Waals surface area contributed by atoms with Gasteiger partial charge in [0.05, 0.1) is 17.2 Å². The van der Waals surface area contributed by atoms with Crippen molar-refractivity contribution in [2.24, 2.45) is 11.7 Å². The number of rotatable bonds is 9. The summed E-state index contributed by atoms with van der Waals surface area (Å²) in [6.07, 6.45) is 5.17. The third-order valence-corrected chi connectivity index (χ3v) is 6.63. The summed E-state index contributed by atoms with van der Waals surface area (Å²) in [6.45, 7) is 1.68. The lowest BCUT2D eigenvalue weighted by atomic mass is 9.91. The molecule has 2 saturated carbocycles. The van der Waals surface area contributed by atoms with E-state index in [0.717, 1.165) is 36.3 Å². The largest absolute Gasteiger partial charge is 0.480 e. The van der Waals surface area contributed by atoms with Crippen LogP contribution in [0.2, 0.25) is 5.02 Å². The minimum Gasteiger partial charge on any atom is -0.480 e. The maximum Gasteiger partial charge on any atom is 0.340 e. The zero-order valence-electron chi connectivity index (χ0n) is 18.3. The van der Waals surface area contributed by atoms with E-state index in [0.29, 0.717) is 12.0 Å². The Kier molecular flexibility index (Phi) is 6.33. The van der Waals surface area contributed by atoms with Gasteiger partial charge in [-0.25, -0.2) is 14.0 Å². The summed E-state index contributed by atoms with van der Waals surface area (Å²) in [6, 6.07) is 3.03. The minimum atomic E-state index is -1.17. The summed E-state index contributed by atoms with van der Waals surface area (Å²) in [5.41, 5.74) is 5.61. The molecule has 2 aliphatic carbocycles. The Morgan fingerprint density at radius 2 is 2.06 bits per heavy atom. The smallest absolute Gasteiger partial charge is 0.340 e. The third kappa shape index (κ3) is 4.96. The summed E-state index contributed by atoms with van der Waals surface area (Å²) in [4.78, 5) is 37.9. The van der Waals surface area contributed by atoms with Gasteiger partial charge in [-0.05, 0) is 50.2 Å². The van der Waals surface area contributed by atoms with Gasteiger partial charge in [0.15, 0.2) is 0 Å². The van der Waals surface area contributed by atoms with Crippen LogP contribution >= 0.6 is 11.6 Å². The number of aliphatic carboxylic acids is 1. The first-order chi connectivity index (χ1) is 15.6. The van der Waals surface area contributed by atoms with E-state index in [1.165, 1.54) is 12.3 Å². The summed E-state index contributed by atoms with van der Waals surface area (Å²) in [7, 11) is 0. The molecule has 1 heterocycles. The Labute approximate surface area is 195 Å². The fourth-order valence-corrected chi connectivity index (χ4v) is 4.28. The topological polar surface area (TPSA) is 112 Å². The first-order valence-electron chi connectivity index (χ1n) is 11.1. The van der Waals surface area contributed by atoms with Crippen LogP contribution in [0.5, 0.6) is 0 Å². The molecular formula is C24H26ClFN2O5. The van der Waals surface area contributed by atoms with Crippen molar-refractivity contribution in [2.75, 3.05) is 6.61 Å². The van der Waals surface area contributed by atoms with Gasteiger partial charge in [-0.3, -0.25) is 4.79 Å². The first-order valence-corrected chi connectivity index (χ1v) is 11.4. The van der Waals surface area contributed by atoms with Crippen molar-refractivity contribution in [2.45, 2.75) is 57.0 Å². The number of aromatic nitrogens is 1. The first kappa shape index (κ1) is 23.4. The molecule has 4 rings (SSSR count). The summed E-state index contributed by atoms with van der Waals surface area (Å²) >= 11 is 6.06. The highest BCUT2D eigenvalue weighted by atomic mass is 35.5. The molecule has 33 heavy (non-hydrogen) atoms. The van der Waals surface area contributed by atoms with Crippen LogP contribution in [0.4, 0.5) is 4.39 Å². The Bertz CT molecular complexity index is 1170. The van der Waals surface area contributed by atoms with Crippen LogP contribution in [0.1, 0.15) is 61.0 Å². The number of carboxylic acid groups (broad SMARTS) is 1. The van der Waals surface area contributed by atoms with E-state index in [2.05, 4.69) is 0 Å². The van der Waals surface area contributed by atoms with Gasteiger partial charge in [-0.1, -0.05) is 30.5 Å². The van der Waals surface area contributed by atoms with E-state index < -0.39 is 34.9 Å². The van der Waals surface area contributed by atoms with Crippen molar-refractivity contribution in [1.82, 2.24) is 4.57 Å².